The molecule has 0 amide bonds. The molecule has 0 heterocycles. The summed E-state index contributed by atoms with van der Waals surface area (Å²) in [6, 6.07) is 3.98. The van der Waals surface area contributed by atoms with Gasteiger partial charge in [0.1, 0.15) is 5.82 Å². The zero-order chi connectivity index (χ0) is 13.5. The first-order valence-corrected chi connectivity index (χ1v) is 6.97. The summed E-state index contributed by atoms with van der Waals surface area (Å²) in [5.41, 5.74) is 0.446. The molecular weight excluding hydrogens is 251 g/mol. The second kappa shape index (κ2) is 7.52. The molecule has 1 rings (SSSR count). The lowest BCUT2D eigenvalue weighted by molar-refractivity contribution is 0.0908. The zero-order valence-corrected chi connectivity index (χ0v) is 11.8. The molecule has 0 fully saturated rings. The summed E-state index contributed by atoms with van der Waals surface area (Å²) in [4.78, 5) is 12.3. The lowest BCUT2D eigenvalue weighted by Gasteiger charge is -2.14. The number of halogens is 2. The second-order valence-electron chi connectivity index (χ2n) is 4.59. The van der Waals surface area contributed by atoms with E-state index in [2.05, 4.69) is 6.92 Å². The Morgan fingerprint density at radius 2 is 2.06 bits per heavy atom. The molecule has 0 saturated heterocycles. The van der Waals surface area contributed by atoms with Crippen LogP contribution in [-0.4, -0.2) is 5.78 Å². The number of hydrogen-bond donors (Lipinski definition) is 0. The van der Waals surface area contributed by atoms with Crippen molar-refractivity contribution >= 4 is 17.4 Å². The number of benzene rings is 1. The van der Waals surface area contributed by atoms with Crippen LogP contribution in [0.4, 0.5) is 4.39 Å². The maximum Gasteiger partial charge on any atom is 0.167 e. The highest BCUT2D eigenvalue weighted by atomic mass is 35.5. The van der Waals surface area contributed by atoms with E-state index in [4.69, 9.17) is 11.6 Å². The van der Waals surface area contributed by atoms with Crippen LogP contribution in [0.25, 0.3) is 0 Å². The van der Waals surface area contributed by atoms with Crippen molar-refractivity contribution in [3.63, 3.8) is 0 Å². The molecule has 100 valence electrons. The van der Waals surface area contributed by atoms with Gasteiger partial charge in [0.2, 0.25) is 0 Å². The number of hydrogen-bond acceptors (Lipinski definition) is 1. The van der Waals surface area contributed by atoms with Crippen LogP contribution in [0.15, 0.2) is 18.2 Å². The third-order valence-electron chi connectivity index (χ3n) is 3.22. The first-order valence-electron chi connectivity index (χ1n) is 6.59. The molecule has 1 aromatic carbocycles. The van der Waals surface area contributed by atoms with Gasteiger partial charge in [-0.15, -0.1) is 0 Å². The van der Waals surface area contributed by atoms with Gasteiger partial charge in [-0.3, -0.25) is 4.79 Å². The fraction of sp³-hybridized carbons (Fsp3) is 0.533. The molecule has 0 N–H and O–H groups in total. The van der Waals surface area contributed by atoms with Crippen molar-refractivity contribution in [2.45, 2.75) is 46.0 Å². The summed E-state index contributed by atoms with van der Waals surface area (Å²) in [7, 11) is 0. The van der Waals surface area contributed by atoms with Gasteiger partial charge in [-0.1, -0.05) is 44.7 Å². The van der Waals surface area contributed by atoms with Crippen molar-refractivity contribution in [1.29, 1.82) is 0 Å². The summed E-state index contributed by atoms with van der Waals surface area (Å²) in [6.07, 6.45) is 5.02. The average molecular weight is 271 g/mol. The third kappa shape index (κ3) is 4.09. The largest absolute Gasteiger partial charge is 0.294 e. The van der Waals surface area contributed by atoms with E-state index in [1.54, 1.807) is 0 Å². The van der Waals surface area contributed by atoms with E-state index >= 15 is 0 Å². The monoisotopic (exact) mass is 270 g/mol. The SMILES string of the molecule is CCCCCC(CC)C(=O)c1ccc(F)cc1Cl. The topological polar surface area (TPSA) is 17.1 Å². The summed E-state index contributed by atoms with van der Waals surface area (Å²) in [6.45, 7) is 4.14. The van der Waals surface area contributed by atoms with Gasteiger partial charge in [0, 0.05) is 11.5 Å². The lowest BCUT2D eigenvalue weighted by Crippen LogP contribution is -2.14. The molecule has 1 atom stereocenters. The predicted molar refractivity (Wildman–Crippen MR) is 73.7 cm³/mol. The van der Waals surface area contributed by atoms with Crippen LogP contribution in [0.2, 0.25) is 5.02 Å². The molecule has 0 aliphatic rings. The molecule has 0 spiro atoms. The van der Waals surface area contributed by atoms with Gasteiger partial charge in [-0.2, -0.15) is 0 Å². The number of carbonyl (C=O) groups excluding carboxylic acids is 1. The minimum Gasteiger partial charge on any atom is -0.294 e. The third-order valence-corrected chi connectivity index (χ3v) is 3.53. The van der Waals surface area contributed by atoms with E-state index in [1.807, 2.05) is 6.92 Å². The average Bonchev–Trinajstić information content (AvgIpc) is 2.34. The Labute approximate surface area is 113 Å². The van der Waals surface area contributed by atoms with Gasteiger partial charge in [-0.25, -0.2) is 4.39 Å². The van der Waals surface area contributed by atoms with Crippen LogP contribution in [0.5, 0.6) is 0 Å². The molecule has 1 nitrogen and oxygen atoms in total. The van der Waals surface area contributed by atoms with Gasteiger partial charge in [-0.05, 0) is 31.0 Å². The molecule has 0 aromatic heterocycles. The molecule has 0 radical (unpaired) electrons. The fourth-order valence-electron chi connectivity index (χ4n) is 2.07. The van der Waals surface area contributed by atoms with E-state index in [0.717, 1.165) is 32.1 Å². The Bertz CT molecular complexity index is 403. The van der Waals surface area contributed by atoms with Crippen LogP contribution >= 0.6 is 11.6 Å². The number of rotatable bonds is 7. The number of unbranched alkanes of at least 4 members (excludes halogenated alkanes) is 2. The Kier molecular flexibility index (Phi) is 6.34. The number of carbonyl (C=O) groups is 1. The van der Waals surface area contributed by atoms with Crippen molar-refractivity contribution in [1.82, 2.24) is 0 Å². The van der Waals surface area contributed by atoms with Crippen molar-refractivity contribution in [2.75, 3.05) is 0 Å². The molecule has 0 saturated carbocycles. The molecule has 1 unspecified atom stereocenters. The summed E-state index contributed by atoms with van der Waals surface area (Å²) in [5, 5.41) is 0.217. The Hall–Kier alpha value is -0.890. The van der Waals surface area contributed by atoms with E-state index < -0.39 is 5.82 Å². The minimum absolute atomic E-state index is 0.000453. The fourth-order valence-corrected chi connectivity index (χ4v) is 2.33. The van der Waals surface area contributed by atoms with Gasteiger partial charge in [0.05, 0.1) is 5.02 Å². The highest BCUT2D eigenvalue weighted by molar-refractivity contribution is 6.34. The van der Waals surface area contributed by atoms with E-state index in [1.165, 1.54) is 18.2 Å². The van der Waals surface area contributed by atoms with Crippen molar-refractivity contribution in [3.8, 4) is 0 Å². The van der Waals surface area contributed by atoms with Crippen LogP contribution in [-0.2, 0) is 0 Å². The zero-order valence-electron chi connectivity index (χ0n) is 11.0. The molecule has 0 aliphatic carbocycles. The highest BCUT2D eigenvalue weighted by Gasteiger charge is 2.20. The molecule has 0 bridgehead atoms. The molecule has 3 heteroatoms. The van der Waals surface area contributed by atoms with Crippen LogP contribution < -0.4 is 0 Å². The second-order valence-corrected chi connectivity index (χ2v) is 5.00. The molecule has 18 heavy (non-hydrogen) atoms. The first-order chi connectivity index (χ1) is 8.60. The first kappa shape index (κ1) is 15.2. The molecule has 1 aromatic rings. The summed E-state index contributed by atoms with van der Waals surface area (Å²) in [5.74, 6) is -0.367. The summed E-state index contributed by atoms with van der Waals surface area (Å²) >= 11 is 5.93. The van der Waals surface area contributed by atoms with Crippen LogP contribution in [0.1, 0.15) is 56.3 Å². The van der Waals surface area contributed by atoms with Crippen molar-refractivity contribution < 1.29 is 9.18 Å². The van der Waals surface area contributed by atoms with Gasteiger partial charge in [0.25, 0.3) is 0 Å². The van der Waals surface area contributed by atoms with E-state index in [0.29, 0.717) is 5.56 Å². The molecule has 0 aliphatic heterocycles. The maximum atomic E-state index is 12.9. The Morgan fingerprint density at radius 3 is 2.61 bits per heavy atom. The Morgan fingerprint density at radius 1 is 1.33 bits per heavy atom. The van der Waals surface area contributed by atoms with Gasteiger partial charge < -0.3 is 0 Å². The van der Waals surface area contributed by atoms with Crippen molar-refractivity contribution in [3.05, 3.63) is 34.6 Å². The van der Waals surface area contributed by atoms with Gasteiger partial charge in [0.15, 0.2) is 5.78 Å². The van der Waals surface area contributed by atoms with Crippen LogP contribution in [0.3, 0.4) is 0 Å². The smallest absolute Gasteiger partial charge is 0.167 e. The van der Waals surface area contributed by atoms with Crippen molar-refractivity contribution in [2.24, 2.45) is 5.92 Å². The highest BCUT2D eigenvalue weighted by Crippen LogP contribution is 2.24. The number of Topliss-reactive ketones (excluding diaryl/α,β-unsaturated/α-hetero) is 1. The standard InChI is InChI=1S/C15H20ClFO/c1-3-5-6-7-11(4-2)15(18)13-9-8-12(17)10-14(13)16/h8-11H,3-7H2,1-2H3. The normalized spacial score (nSPS) is 12.4. The summed E-state index contributed by atoms with van der Waals surface area (Å²) < 4.78 is 12.9. The van der Waals surface area contributed by atoms with E-state index in [9.17, 15) is 9.18 Å². The van der Waals surface area contributed by atoms with E-state index in [-0.39, 0.29) is 16.7 Å². The quantitative estimate of drug-likeness (QED) is 0.487. The van der Waals surface area contributed by atoms with Crippen LogP contribution in [0, 0.1) is 11.7 Å². The Balaban J connectivity index is 2.76. The predicted octanol–water partition coefficient (Wildman–Crippen LogP) is 5.27. The minimum atomic E-state index is -0.407. The maximum absolute atomic E-state index is 12.9. The number of ketones is 1. The molecular formula is C15H20ClFO. The lowest BCUT2D eigenvalue weighted by atomic mass is 9.90. The van der Waals surface area contributed by atoms with Gasteiger partial charge >= 0.3 is 0 Å².